The van der Waals surface area contributed by atoms with Crippen molar-refractivity contribution in [3.05, 3.63) is 77.2 Å². The van der Waals surface area contributed by atoms with Gasteiger partial charge in [0.2, 0.25) is 0 Å². The van der Waals surface area contributed by atoms with Crippen molar-refractivity contribution in [2.45, 2.75) is 11.6 Å². The minimum absolute atomic E-state index is 0.220. The molecule has 0 saturated carbocycles. The highest BCUT2D eigenvalue weighted by molar-refractivity contribution is 7.99. The van der Waals surface area contributed by atoms with Gasteiger partial charge in [0, 0.05) is 12.3 Å². The Balaban J connectivity index is 1.31. The van der Waals surface area contributed by atoms with Gasteiger partial charge in [0.25, 0.3) is 11.8 Å². The molecule has 0 radical (unpaired) electrons. The number of hydrogen-bond donors (Lipinski definition) is 0. The van der Waals surface area contributed by atoms with Crippen molar-refractivity contribution in [1.29, 1.82) is 0 Å². The Morgan fingerprint density at radius 1 is 0.939 bits per heavy atom. The zero-order valence-electron chi connectivity index (χ0n) is 17.8. The molecular formula is C24H20N4O3S2. The standard InChI is InChI=1S/C24H20N4O3S2/c1-31-17-11-9-16(10-12-17)28-21(20-8-4-14-32-20)25-26-24(28)33-15-5-13-27-22(29)18-6-2-3-7-19(18)23(27)30/h2-4,6-12,14H,5,13,15H2,1H3. The van der Waals surface area contributed by atoms with Crippen molar-refractivity contribution in [3.63, 3.8) is 0 Å². The van der Waals surface area contributed by atoms with Crippen LogP contribution in [0.25, 0.3) is 16.4 Å². The number of fused-ring (bicyclic) bond motifs is 1. The highest BCUT2D eigenvalue weighted by Crippen LogP contribution is 2.31. The third kappa shape index (κ3) is 4.05. The lowest BCUT2D eigenvalue weighted by atomic mass is 10.1. The van der Waals surface area contributed by atoms with Crippen molar-refractivity contribution >= 4 is 34.9 Å². The summed E-state index contributed by atoms with van der Waals surface area (Å²) in [6.07, 6.45) is 0.653. The quantitative estimate of drug-likeness (QED) is 0.207. The van der Waals surface area contributed by atoms with E-state index in [1.165, 1.54) is 4.90 Å². The van der Waals surface area contributed by atoms with Crippen LogP contribution in [0.1, 0.15) is 27.1 Å². The van der Waals surface area contributed by atoms with Crippen LogP contribution in [0.4, 0.5) is 0 Å². The lowest BCUT2D eigenvalue weighted by Crippen LogP contribution is -2.31. The molecule has 9 heteroatoms. The SMILES string of the molecule is COc1ccc(-n2c(SCCCN3C(=O)c4ccccc4C3=O)nnc2-c2cccs2)cc1. The number of aromatic nitrogens is 3. The van der Waals surface area contributed by atoms with E-state index in [0.717, 1.165) is 27.3 Å². The van der Waals surface area contributed by atoms with Gasteiger partial charge in [-0.1, -0.05) is 30.0 Å². The van der Waals surface area contributed by atoms with E-state index in [1.807, 2.05) is 46.3 Å². The molecule has 0 unspecified atom stereocenters. The minimum Gasteiger partial charge on any atom is -0.497 e. The van der Waals surface area contributed by atoms with Crippen LogP contribution >= 0.6 is 23.1 Å². The highest BCUT2D eigenvalue weighted by Gasteiger charge is 2.34. The Kier molecular flexibility index (Phi) is 5.97. The number of carbonyl (C=O) groups is 2. The van der Waals surface area contributed by atoms with Gasteiger partial charge in [-0.05, 0) is 54.3 Å². The first-order valence-electron chi connectivity index (χ1n) is 10.4. The van der Waals surface area contributed by atoms with Crippen LogP contribution in [0.15, 0.2) is 71.2 Å². The van der Waals surface area contributed by atoms with Gasteiger partial charge in [-0.2, -0.15) is 0 Å². The molecule has 7 nitrogen and oxygen atoms in total. The minimum atomic E-state index is -0.220. The molecule has 4 aromatic rings. The van der Waals surface area contributed by atoms with E-state index in [1.54, 1.807) is 54.5 Å². The van der Waals surface area contributed by atoms with Crippen LogP contribution in [0, 0.1) is 0 Å². The van der Waals surface area contributed by atoms with E-state index in [0.29, 0.717) is 29.8 Å². The second-order valence-corrected chi connectivity index (χ2v) is 9.34. The summed E-state index contributed by atoms with van der Waals surface area (Å²) in [5.41, 5.74) is 1.90. The number of nitrogens with zero attached hydrogens (tertiary/aromatic N) is 4. The van der Waals surface area contributed by atoms with Crippen LogP contribution in [0.2, 0.25) is 0 Å². The summed E-state index contributed by atoms with van der Waals surface area (Å²) in [7, 11) is 1.64. The van der Waals surface area contributed by atoms with E-state index >= 15 is 0 Å². The molecule has 1 aliphatic rings. The summed E-state index contributed by atoms with van der Waals surface area (Å²) in [6, 6.07) is 18.7. The normalized spacial score (nSPS) is 12.9. The number of thioether (sulfide) groups is 1. The lowest BCUT2D eigenvalue weighted by Gasteiger charge is -2.14. The molecule has 166 valence electrons. The predicted molar refractivity (Wildman–Crippen MR) is 128 cm³/mol. The van der Waals surface area contributed by atoms with Crippen molar-refractivity contribution < 1.29 is 14.3 Å². The monoisotopic (exact) mass is 476 g/mol. The number of imide groups is 1. The molecule has 5 rings (SSSR count). The number of amides is 2. The van der Waals surface area contributed by atoms with E-state index in [-0.39, 0.29) is 11.8 Å². The van der Waals surface area contributed by atoms with E-state index < -0.39 is 0 Å². The molecule has 0 aliphatic carbocycles. The van der Waals surface area contributed by atoms with Gasteiger partial charge in [0.1, 0.15) is 5.75 Å². The lowest BCUT2D eigenvalue weighted by molar-refractivity contribution is 0.0655. The largest absolute Gasteiger partial charge is 0.497 e. The zero-order valence-corrected chi connectivity index (χ0v) is 19.4. The van der Waals surface area contributed by atoms with E-state index in [2.05, 4.69) is 10.2 Å². The van der Waals surface area contributed by atoms with Crippen molar-refractivity contribution in [1.82, 2.24) is 19.7 Å². The number of carbonyl (C=O) groups excluding carboxylic acids is 2. The molecule has 33 heavy (non-hydrogen) atoms. The summed E-state index contributed by atoms with van der Waals surface area (Å²) < 4.78 is 7.31. The molecule has 3 heterocycles. The maximum Gasteiger partial charge on any atom is 0.261 e. The summed E-state index contributed by atoms with van der Waals surface area (Å²) in [4.78, 5) is 27.5. The topological polar surface area (TPSA) is 77.3 Å². The molecule has 0 atom stereocenters. The molecule has 0 bridgehead atoms. The maximum absolute atomic E-state index is 12.6. The molecule has 2 aromatic heterocycles. The Labute approximate surface area is 199 Å². The first-order chi connectivity index (χ1) is 16.2. The molecule has 2 amide bonds. The second kappa shape index (κ2) is 9.21. The molecule has 0 spiro atoms. The van der Waals surface area contributed by atoms with Crippen LogP contribution in [-0.4, -0.2) is 50.9 Å². The van der Waals surface area contributed by atoms with Crippen molar-refractivity contribution in [2.24, 2.45) is 0 Å². The van der Waals surface area contributed by atoms with Crippen LogP contribution < -0.4 is 4.74 Å². The predicted octanol–water partition coefficient (Wildman–Crippen LogP) is 4.78. The molecule has 0 N–H and O–H groups in total. The van der Waals surface area contributed by atoms with E-state index in [9.17, 15) is 9.59 Å². The Bertz CT molecular complexity index is 1260. The highest BCUT2D eigenvalue weighted by atomic mass is 32.2. The third-order valence-corrected chi connectivity index (χ3v) is 7.22. The number of rotatable bonds is 8. The second-order valence-electron chi connectivity index (χ2n) is 7.33. The summed E-state index contributed by atoms with van der Waals surface area (Å²) in [5, 5.41) is 11.6. The van der Waals surface area contributed by atoms with Crippen LogP contribution in [0.5, 0.6) is 5.75 Å². The van der Waals surface area contributed by atoms with Crippen molar-refractivity contribution in [3.8, 4) is 22.1 Å². The molecule has 1 aliphatic heterocycles. The number of benzene rings is 2. The van der Waals surface area contributed by atoms with Gasteiger partial charge < -0.3 is 4.74 Å². The van der Waals surface area contributed by atoms with Gasteiger partial charge in [-0.3, -0.25) is 19.1 Å². The number of ether oxygens (including phenoxy) is 1. The number of thiophene rings is 1. The van der Waals surface area contributed by atoms with Gasteiger partial charge in [-0.15, -0.1) is 21.5 Å². The van der Waals surface area contributed by atoms with Crippen LogP contribution in [0.3, 0.4) is 0 Å². The van der Waals surface area contributed by atoms with Gasteiger partial charge in [0.05, 0.1) is 28.8 Å². The third-order valence-electron chi connectivity index (χ3n) is 5.34. The smallest absolute Gasteiger partial charge is 0.261 e. The number of hydrogen-bond acceptors (Lipinski definition) is 7. The molecule has 0 fully saturated rings. The fourth-order valence-corrected chi connectivity index (χ4v) is 5.30. The first-order valence-corrected chi connectivity index (χ1v) is 12.3. The summed E-state index contributed by atoms with van der Waals surface area (Å²) in [5.74, 6) is 1.80. The molecule has 2 aromatic carbocycles. The van der Waals surface area contributed by atoms with Gasteiger partial charge in [0.15, 0.2) is 11.0 Å². The Morgan fingerprint density at radius 2 is 1.67 bits per heavy atom. The average Bonchev–Trinajstić information content (AvgIpc) is 3.58. The molecule has 0 saturated heterocycles. The Hall–Kier alpha value is -3.43. The van der Waals surface area contributed by atoms with Gasteiger partial charge >= 0.3 is 0 Å². The van der Waals surface area contributed by atoms with E-state index in [4.69, 9.17) is 4.74 Å². The van der Waals surface area contributed by atoms with Crippen LogP contribution in [-0.2, 0) is 0 Å². The summed E-state index contributed by atoms with van der Waals surface area (Å²) in [6.45, 7) is 0.369. The number of methoxy groups -OCH3 is 1. The fraction of sp³-hybridized carbons (Fsp3) is 0.167. The Morgan fingerprint density at radius 3 is 2.30 bits per heavy atom. The zero-order chi connectivity index (χ0) is 22.8. The van der Waals surface area contributed by atoms with Crippen molar-refractivity contribution in [2.75, 3.05) is 19.4 Å². The average molecular weight is 477 g/mol. The first kappa shape index (κ1) is 21.4. The van der Waals surface area contributed by atoms with Gasteiger partial charge in [-0.25, -0.2) is 0 Å². The molecular weight excluding hydrogens is 456 g/mol. The fourth-order valence-electron chi connectivity index (χ4n) is 3.72. The summed E-state index contributed by atoms with van der Waals surface area (Å²) >= 11 is 3.16. The maximum atomic E-state index is 12.6.